The van der Waals surface area contributed by atoms with Crippen molar-refractivity contribution < 1.29 is 0 Å². The summed E-state index contributed by atoms with van der Waals surface area (Å²) in [4.78, 5) is 0. The van der Waals surface area contributed by atoms with E-state index in [-0.39, 0.29) is 0 Å². The number of hydrogen-bond acceptors (Lipinski definition) is 0. The Balaban J connectivity index is 3.68. The van der Waals surface area contributed by atoms with Crippen LogP contribution in [0.1, 0.15) is 20.3 Å². The van der Waals surface area contributed by atoms with Gasteiger partial charge in [0, 0.05) is 0 Å². The minimum Gasteiger partial charge on any atom is -0.103 e. The molecule has 0 saturated carbocycles. The monoisotopic (exact) mass is 198 g/mol. The van der Waals surface area contributed by atoms with Gasteiger partial charge in [-0.25, -0.2) is 0 Å². The summed E-state index contributed by atoms with van der Waals surface area (Å²) in [6, 6.07) is 8.43. The van der Waals surface area contributed by atoms with Gasteiger partial charge in [-0.05, 0) is 36.3 Å². The molecule has 0 aliphatic heterocycles. The van der Waals surface area contributed by atoms with Crippen LogP contribution >= 0.6 is 0 Å². The van der Waals surface area contributed by atoms with Gasteiger partial charge in [-0.1, -0.05) is 48.6 Å². The van der Waals surface area contributed by atoms with E-state index in [1.165, 1.54) is 21.6 Å². The van der Waals surface area contributed by atoms with Crippen molar-refractivity contribution >= 4 is 11.1 Å². The summed E-state index contributed by atoms with van der Waals surface area (Å²) >= 11 is 0. The smallest absolute Gasteiger partial charge is 0.00942 e. The van der Waals surface area contributed by atoms with Crippen LogP contribution in [-0.4, -0.2) is 0 Å². The molecule has 0 N–H and O–H groups in total. The van der Waals surface area contributed by atoms with Crippen LogP contribution in [0.25, 0.3) is 11.1 Å². The van der Waals surface area contributed by atoms with Gasteiger partial charge in [0.25, 0.3) is 0 Å². The summed E-state index contributed by atoms with van der Waals surface area (Å²) < 4.78 is 0. The maximum absolute atomic E-state index is 3.86. The topological polar surface area (TPSA) is 0 Å². The maximum Gasteiger partial charge on any atom is -0.00942 e. The Bertz CT molecular complexity index is 471. The molecular weight excluding hydrogens is 180 g/mol. The second-order valence-corrected chi connectivity index (χ2v) is 3.77. The summed E-state index contributed by atoms with van der Waals surface area (Å²) in [6.45, 7) is 11.9. The molecule has 1 aromatic rings. The molecule has 0 saturated heterocycles. The lowest BCUT2D eigenvalue weighted by molar-refractivity contribution is 1.35. The molecule has 0 radical (unpaired) electrons. The summed E-state index contributed by atoms with van der Waals surface area (Å²) in [5.41, 5.74) is 2.57. The van der Waals surface area contributed by atoms with Gasteiger partial charge in [-0.15, -0.1) is 6.58 Å². The Morgan fingerprint density at radius 1 is 1.13 bits per heavy atom. The molecule has 0 unspecified atom stereocenters. The van der Waals surface area contributed by atoms with Crippen molar-refractivity contribution in [3.05, 3.63) is 60.0 Å². The van der Waals surface area contributed by atoms with Gasteiger partial charge < -0.3 is 0 Å². The normalized spacial score (nSPS) is 11.9. The molecule has 15 heavy (non-hydrogen) atoms. The number of benzene rings is 1. The average Bonchev–Trinajstić information content (AvgIpc) is 2.26. The summed E-state index contributed by atoms with van der Waals surface area (Å²) in [6.07, 6.45) is 4.70. The van der Waals surface area contributed by atoms with Crippen LogP contribution in [0.4, 0.5) is 0 Å². The quantitative estimate of drug-likeness (QED) is 0.655. The summed E-state index contributed by atoms with van der Waals surface area (Å²) in [7, 11) is 0. The van der Waals surface area contributed by atoms with E-state index in [0.717, 1.165) is 6.42 Å². The fourth-order valence-electron chi connectivity index (χ4n) is 1.66. The molecule has 0 heterocycles. The third-order valence-corrected chi connectivity index (χ3v) is 2.42. The molecular formula is C15H18. The van der Waals surface area contributed by atoms with Gasteiger partial charge in [0.05, 0.1) is 0 Å². The molecule has 1 rings (SSSR count). The predicted octanol–water partition coefficient (Wildman–Crippen LogP) is 2.79. The highest BCUT2D eigenvalue weighted by molar-refractivity contribution is 5.58. The largest absolute Gasteiger partial charge is 0.103 e. The Kier molecular flexibility index (Phi) is 4.11. The van der Waals surface area contributed by atoms with Crippen LogP contribution in [0.2, 0.25) is 0 Å². The van der Waals surface area contributed by atoms with Crippen molar-refractivity contribution in [2.45, 2.75) is 20.3 Å². The van der Waals surface area contributed by atoms with E-state index in [0.29, 0.717) is 0 Å². The predicted molar refractivity (Wildman–Crippen MR) is 68.9 cm³/mol. The summed E-state index contributed by atoms with van der Waals surface area (Å²) in [5.74, 6) is 0. The second-order valence-electron chi connectivity index (χ2n) is 3.77. The van der Waals surface area contributed by atoms with Gasteiger partial charge in [0.1, 0.15) is 0 Å². The Hall–Kier alpha value is -1.56. The SMILES string of the molecule is C=CC/C(C=C)=c1/ccccc1=C(C)C. The highest BCUT2D eigenvalue weighted by atomic mass is 14.0. The van der Waals surface area contributed by atoms with Crippen molar-refractivity contribution in [2.75, 3.05) is 0 Å². The standard InChI is InChI=1S/C15H18/c1-5-9-13(6-2)15-11-8-7-10-14(15)12(3)4/h5-8,10-11H,1-2,9H2,3-4H3/b15-13-. The number of rotatable bonds is 3. The Labute approximate surface area is 92.0 Å². The zero-order valence-corrected chi connectivity index (χ0v) is 9.59. The van der Waals surface area contributed by atoms with Crippen molar-refractivity contribution in [3.8, 4) is 0 Å². The van der Waals surface area contributed by atoms with Crippen molar-refractivity contribution in [1.82, 2.24) is 0 Å². The molecule has 0 fully saturated rings. The zero-order chi connectivity index (χ0) is 11.3. The number of hydrogen-bond donors (Lipinski definition) is 0. The van der Waals surface area contributed by atoms with Gasteiger partial charge in [0.15, 0.2) is 0 Å². The van der Waals surface area contributed by atoms with Crippen LogP contribution in [0.3, 0.4) is 0 Å². The molecule has 0 amide bonds. The molecule has 0 aliphatic rings. The van der Waals surface area contributed by atoms with E-state index in [4.69, 9.17) is 0 Å². The van der Waals surface area contributed by atoms with E-state index >= 15 is 0 Å². The third-order valence-electron chi connectivity index (χ3n) is 2.42. The average molecular weight is 198 g/mol. The van der Waals surface area contributed by atoms with E-state index in [1.54, 1.807) is 0 Å². The van der Waals surface area contributed by atoms with E-state index in [1.807, 2.05) is 12.2 Å². The molecule has 78 valence electrons. The van der Waals surface area contributed by atoms with E-state index < -0.39 is 0 Å². The highest BCUT2D eigenvalue weighted by Crippen LogP contribution is 2.00. The summed E-state index contributed by atoms with van der Waals surface area (Å²) in [5, 5.41) is 2.57. The van der Waals surface area contributed by atoms with Crippen LogP contribution < -0.4 is 10.4 Å². The first-order chi connectivity index (χ1) is 7.20. The van der Waals surface area contributed by atoms with Crippen LogP contribution in [-0.2, 0) is 0 Å². The zero-order valence-electron chi connectivity index (χ0n) is 9.59. The minimum atomic E-state index is 0.869. The molecule has 0 aromatic heterocycles. The molecule has 0 bridgehead atoms. The molecule has 0 heteroatoms. The Morgan fingerprint density at radius 2 is 1.73 bits per heavy atom. The lowest BCUT2D eigenvalue weighted by atomic mass is 10.1. The number of allylic oxidation sites excluding steroid dienone is 2. The lowest BCUT2D eigenvalue weighted by Gasteiger charge is -2.00. The van der Waals surface area contributed by atoms with Gasteiger partial charge in [0.2, 0.25) is 0 Å². The van der Waals surface area contributed by atoms with Crippen molar-refractivity contribution in [1.29, 1.82) is 0 Å². The fourth-order valence-corrected chi connectivity index (χ4v) is 1.66. The molecule has 0 nitrogen and oxygen atoms in total. The third kappa shape index (κ3) is 2.69. The van der Waals surface area contributed by atoms with Crippen molar-refractivity contribution in [2.24, 2.45) is 0 Å². The minimum absolute atomic E-state index is 0.869. The molecule has 0 aliphatic carbocycles. The van der Waals surface area contributed by atoms with E-state index in [2.05, 4.69) is 51.3 Å². The van der Waals surface area contributed by atoms with Gasteiger partial charge in [-0.3, -0.25) is 0 Å². The maximum atomic E-state index is 3.86. The molecule has 1 aromatic carbocycles. The first-order valence-corrected chi connectivity index (χ1v) is 5.19. The van der Waals surface area contributed by atoms with Crippen LogP contribution in [0, 0.1) is 0 Å². The first-order valence-electron chi connectivity index (χ1n) is 5.19. The lowest BCUT2D eigenvalue weighted by Crippen LogP contribution is -2.27. The molecule has 0 spiro atoms. The Morgan fingerprint density at radius 3 is 2.20 bits per heavy atom. The molecule has 0 atom stereocenters. The first kappa shape index (κ1) is 11.5. The van der Waals surface area contributed by atoms with Gasteiger partial charge >= 0.3 is 0 Å². The van der Waals surface area contributed by atoms with Gasteiger partial charge in [-0.2, -0.15) is 0 Å². The van der Waals surface area contributed by atoms with E-state index in [9.17, 15) is 0 Å². The van der Waals surface area contributed by atoms with Crippen molar-refractivity contribution in [3.63, 3.8) is 0 Å². The highest BCUT2D eigenvalue weighted by Gasteiger charge is 1.93. The fraction of sp³-hybridized carbons (Fsp3) is 0.200. The second kappa shape index (κ2) is 5.35. The van der Waals surface area contributed by atoms with Crippen LogP contribution in [0.5, 0.6) is 0 Å². The van der Waals surface area contributed by atoms with Crippen LogP contribution in [0.15, 0.2) is 49.6 Å².